The summed E-state index contributed by atoms with van der Waals surface area (Å²) >= 11 is 0. The molecule has 0 unspecified atom stereocenters. The molecule has 7 nitrogen and oxygen atoms in total. The lowest BCUT2D eigenvalue weighted by molar-refractivity contribution is -0.124. The average Bonchev–Trinajstić information content (AvgIpc) is 3.47. The highest BCUT2D eigenvalue weighted by Gasteiger charge is 2.34. The van der Waals surface area contributed by atoms with Crippen molar-refractivity contribution in [2.75, 3.05) is 4.90 Å². The molecule has 1 aliphatic carbocycles. The Balaban J connectivity index is 1.48. The van der Waals surface area contributed by atoms with E-state index >= 15 is 0 Å². The van der Waals surface area contributed by atoms with Gasteiger partial charge in [0.05, 0.1) is 5.69 Å². The van der Waals surface area contributed by atoms with Crippen LogP contribution in [0.5, 0.6) is 0 Å². The van der Waals surface area contributed by atoms with Gasteiger partial charge in [0.25, 0.3) is 0 Å². The summed E-state index contributed by atoms with van der Waals surface area (Å²) in [4.78, 5) is 27.3. The number of para-hydroxylation sites is 1. The first-order valence-electron chi connectivity index (χ1n) is 13.0. The molecule has 0 radical (unpaired) electrons. The lowest BCUT2D eigenvalue weighted by Gasteiger charge is -2.32. The Kier molecular flexibility index (Phi) is 6.63. The largest absolute Gasteiger partial charge is 0.477 e. The van der Waals surface area contributed by atoms with Crippen molar-refractivity contribution in [2.24, 2.45) is 11.8 Å². The lowest BCUT2D eigenvalue weighted by Crippen LogP contribution is -2.43. The first-order valence-corrected chi connectivity index (χ1v) is 13.0. The number of amides is 1. The van der Waals surface area contributed by atoms with Gasteiger partial charge in [0.15, 0.2) is 5.82 Å². The van der Waals surface area contributed by atoms with Gasteiger partial charge in [0.1, 0.15) is 16.9 Å². The smallest absolute Gasteiger partial charge is 0.341 e. The number of nitrogens with zero attached hydrogens (tertiary/aromatic N) is 3. The fraction of sp³-hybridized carbons (Fsp3) is 0.367. The minimum absolute atomic E-state index is 0.0171. The Morgan fingerprint density at radius 2 is 1.73 bits per heavy atom. The molecule has 0 aliphatic heterocycles. The van der Waals surface area contributed by atoms with Crippen LogP contribution in [-0.4, -0.2) is 32.8 Å². The van der Waals surface area contributed by atoms with Gasteiger partial charge in [-0.15, -0.1) is 5.10 Å². The van der Waals surface area contributed by atoms with E-state index in [1.807, 2.05) is 69.3 Å². The van der Waals surface area contributed by atoms with Gasteiger partial charge in [-0.25, -0.2) is 9.48 Å². The number of anilines is 1. The van der Waals surface area contributed by atoms with E-state index in [0.29, 0.717) is 11.6 Å². The zero-order valence-corrected chi connectivity index (χ0v) is 21.8. The summed E-state index contributed by atoms with van der Waals surface area (Å²) in [6.45, 7) is 8.06. The van der Waals surface area contributed by atoms with Crippen molar-refractivity contribution in [2.45, 2.75) is 59.4 Å². The van der Waals surface area contributed by atoms with Gasteiger partial charge in [-0.3, -0.25) is 9.69 Å². The third-order valence-electron chi connectivity index (χ3n) is 7.51. The van der Waals surface area contributed by atoms with Crippen molar-refractivity contribution < 1.29 is 19.1 Å². The molecular formula is C30H33N3O4. The molecule has 0 bridgehead atoms. The monoisotopic (exact) mass is 499 g/mol. The van der Waals surface area contributed by atoms with Gasteiger partial charge in [0.2, 0.25) is 5.91 Å². The minimum atomic E-state index is -1.11. The van der Waals surface area contributed by atoms with E-state index in [1.165, 1.54) is 6.20 Å². The van der Waals surface area contributed by atoms with E-state index in [9.17, 15) is 14.7 Å². The van der Waals surface area contributed by atoms with Crippen LogP contribution in [0.3, 0.4) is 0 Å². The number of carbonyl (C=O) groups excluding carboxylic acids is 1. The lowest BCUT2D eigenvalue weighted by atomic mass is 9.82. The Morgan fingerprint density at radius 3 is 2.35 bits per heavy atom. The maximum Gasteiger partial charge on any atom is 0.341 e. The van der Waals surface area contributed by atoms with Gasteiger partial charge in [-0.1, -0.05) is 25.1 Å². The minimum Gasteiger partial charge on any atom is -0.477 e. The van der Waals surface area contributed by atoms with E-state index in [-0.39, 0.29) is 29.2 Å². The summed E-state index contributed by atoms with van der Waals surface area (Å²) in [5.74, 6) is 0.382. The first-order chi connectivity index (χ1) is 17.7. The molecule has 4 aromatic rings. The summed E-state index contributed by atoms with van der Waals surface area (Å²) in [7, 11) is 0. The quantitative estimate of drug-likeness (QED) is 0.313. The highest BCUT2D eigenvalue weighted by Crippen LogP contribution is 2.35. The highest BCUT2D eigenvalue weighted by molar-refractivity contribution is 6.01. The van der Waals surface area contributed by atoms with E-state index in [0.717, 1.165) is 53.5 Å². The summed E-state index contributed by atoms with van der Waals surface area (Å²) in [5, 5.41) is 15.7. The molecule has 1 saturated carbocycles. The Hall–Kier alpha value is -3.87. The maximum absolute atomic E-state index is 13.5. The van der Waals surface area contributed by atoms with E-state index < -0.39 is 5.97 Å². The first kappa shape index (κ1) is 24.8. The Bertz CT molecular complexity index is 1440. The number of carbonyl (C=O) groups is 2. The molecule has 37 heavy (non-hydrogen) atoms. The predicted molar refractivity (Wildman–Crippen MR) is 144 cm³/mol. The number of carboxylic acids is 1. The van der Waals surface area contributed by atoms with Crippen LogP contribution in [0.4, 0.5) is 5.82 Å². The topological polar surface area (TPSA) is 88.6 Å². The summed E-state index contributed by atoms with van der Waals surface area (Å²) in [6.07, 6.45) is 5.17. The molecule has 0 saturated heterocycles. The number of benzene rings is 2. The molecule has 5 rings (SSSR count). The molecule has 2 heterocycles. The van der Waals surface area contributed by atoms with Crippen LogP contribution < -0.4 is 4.90 Å². The molecule has 2 aromatic heterocycles. The molecule has 1 amide bonds. The average molecular weight is 500 g/mol. The van der Waals surface area contributed by atoms with Crippen molar-refractivity contribution >= 4 is 28.7 Å². The van der Waals surface area contributed by atoms with Crippen molar-refractivity contribution in [1.29, 1.82) is 0 Å². The Labute approximate surface area is 216 Å². The van der Waals surface area contributed by atoms with Crippen molar-refractivity contribution in [3.05, 3.63) is 65.9 Å². The second kappa shape index (κ2) is 9.88. The molecule has 1 N–H and O–H groups in total. The highest BCUT2D eigenvalue weighted by atomic mass is 16.4. The standard InChI is InChI=1S/C30H33N3O4/c1-18(2)33(29(34)22-11-9-19(3)10-12-22)28-25(30(35)36)17-32(31-28)23-15-13-21(14-16-23)27-20(4)24-7-5-6-8-26(24)37-27/h5-8,13-19,22H,9-12H2,1-4H3,(H,35,36). The zero-order chi connectivity index (χ0) is 26.3. The van der Waals surface area contributed by atoms with Crippen LogP contribution >= 0.6 is 0 Å². The predicted octanol–water partition coefficient (Wildman–Crippen LogP) is 6.86. The number of furan rings is 1. The van der Waals surface area contributed by atoms with E-state index in [1.54, 1.807) is 9.58 Å². The van der Waals surface area contributed by atoms with Gasteiger partial charge in [0, 0.05) is 34.7 Å². The number of hydrogen-bond acceptors (Lipinski definition) is 4. The second-order valence-electron chi connectivity index (χ2n) is 10.5. The molecule has 0 atom stereocenters. The number of hydrogen-bond donors (Lipinski definition) is 1. The summed E-state index contributed by atoms with van der Waals surface area (Å²) in [5.41, 5.74) is 3.56. The van der Waals surface area contributed by atoms with E-state index in [2.05, 4.69) is 12.0 Å². The van der Waals surface area contributed by atoms with Crippen LogP contribution in [0.15, 0.2) is 59.1 Å². The summed E-state index contributed by atoms with van der Waals surface area (Å²) in [6, 6.07) is 15.4. The normalized spacial score (nSPS) is 17.9. The number of aryl methyl sites for hydroxylation is 1. The van der Waals surface area contributed by atoms with Crippen LogP contribution in [-0.2, 0) is 4.79 Å². The molecule has 2 aromatic carbocycles. The number of aromatic nitrogens is 2. The maximum atomic E-state index is 13.5. The molecule has 7 heteroatoms. The zero-order valence-electron chi connectivity index (χ0n) is 21.8. The molecule has 192 valence electrons. The van der Waals surface area contributed by atoms with Gasteiger partial charge < -0.3 is 9.52 Å². The number of fused-ring (bicyclic) bond motifs is 1. The second-order valence-corrected chi connectivity index (χ2v) is 10.5. The molecule has 1 aliphatic rings. The fourth-order valence-electron chi connectivity index (χ4n) is 5.35. The van der Waals surface area contributed by atoms with Crippen LogP contribution in [0, 0.1) is 18.8 Å². The van der Waals surface area contributed by atoms with Crippen LogP contribution in [0.2, 0.25) is 0 Å². The Morgan fingerprint density at radius 1 is 1.05 bits per heavy atom. The molecular weight excluding hydrogens is 466 g/mol. The molecule has 1 fully saturated rings. The van der Waals surface area contributed by atoms with Gasteiger partial charge in [-0.05, 0) is 82.7 Å². The van der Waals surface area contributed by atoms with Crippen LogP contribution in [0.25, 0.3) is 28.0 Å². The van der Waals surface area contributed by atoms with Crippen molar-refractivity contribution in [3.63, 3.8) is 0 Å². The molecule has 0 spiro atoms. The third-order valence-corrected chi connectivity index (χ3v) is 7.51. The van der Waals surface area contributed by atoms with Gasteiger partial charge >= 0.3 is 5.97 Å². The summed E-state index contributed by atoms with van der Waals surface area (Å²) < 4.78 is 7.63. The van der Waals surface area contributed by atoms with Crippen molar-refractivity contribution in [1.82, 2.24) is 9.78 Å². The van der Waals surface area contributed by atoms with Crippen LogP contribution in [0.1, 0.15) is 62.4 Å². The SMILES string of the molecule is Cc1c(-c2ccc(-n3cc(C(=O)O)c(N(C(=O)C4CCC(C)CC4)C(C)C)n3)cc2)oc2ccccc12. The fourth-order valence-corrected chi connectivity index (χ4v) is 5.35. The number of rotatable bonds is 6. The number of aromatic carboxylic acids is 1. The number of carboxylic acid groups (broad SMARTS) is 1. The van der Waals surface area contributed by atoms with E-state index in [4.69, 9.17) is 4.42 Å². The van der Waals surface area contributed by atoms with Crippen molar-refractivity contribution in [3.8, 4) is 17.0 Å². The van der Waals surface area contributed by atoms with Gasteiger partial charge in [-0.2, -0.15) is 0 Å². The third kappa shape index (κ3) is 4.66.